The standard InChI is InChI=1S/C4H10O2.H2O.O.Ti/c1-2-6-4-3-5;;;/h5H,2-4H2,1H3;1H2;;/q;;;+1/p-1. The van der Waals surface area contributed by atoms with E-state index in [-0.39, 0.29) is 6.61 Å². The molecule has 0 aromatic rings. The fraction of sp³-hybridized carbons (Fsp3) is 1.00. The Morgan fingerprint density at radius 1 is 1.67 bits per heavy atom. The number of aliphatic hydroxyl groups is 1. The van der Waals surface area contributed by atoms with Crippen LogP contribution in [0.1, 0.15) is 6.92 Å². The zero-order valence-corrected chi connectivity index (χ0v) is 6.89. The van der Waals surface area contributed by atoms with Gasteiger partial charge in [-0.2, -0.15) is 0 Å². The summed E-state index contributed by atoms with van der Waals surface area (Å²) in [5, 5.41) is 8.07. The van der Waals surface area contributed by atoms with E-state index in [9.17, 15) is 0 Å². The van der Waals surface area contributed by atoms with Gasteiger partial charge in [0.25, 0.3) is 0 Å². The van der Waals surface area contributed by atoms with Crippen LogP contribution in [-0.2, 0) is 27.6 Å². The second-order valence-electron chi connectivity index (χ2n) is 1.01. The molecule has 0 aliphatic heterocycles. The second-order valence-corrected chi connectivity index (χ2v) is 1.30. The molecule has 0 spiro atoms. The summed E-state index contributed by atoms with van der Waals surface area (Å²) in [7, 11) is 0. The average Bonchev–Trinajstić information content (AvgIpc) is 1.86. The third-order valence-electron chi connectivity index (χ3n) is 0.440. The van der Waals surface area contributed by atoms with Gasteiger partial charge in [0.05, 0.1) is 13.2 Å². The summed E-state index contributed by atoms with van der Waals surface area (Å²) >= 11 is -1.75. The summed E-state index contributed by atoms with van der Waals surface area (Å²) in [5.74, 6) is 0. The topological polar surface area (TPSA) is 66.8 Å². The van der Waals surface area contributed by atoms with Gasteiger partial charge in [-0.3, -0.25) is 0 Å². The zero-order valence-electron chi connectivity index (χ0n) is 5.33. The van der Waals surface area contributed by atoms with Crippen molar-refractivity contribution < 1.29 is 36.4 Å². The van der Waals surface area contributed by atoms with Crippen LogP contribution in [0.2, 0.25) is 0 Å². The number of hydrogen-bond donors (Lipinski definition) is 2. The van der Waals surface area contributed by atoms with Crippen LogP contribution in [0.3, 0.4) is 0 Å². The summed E-state index contributed by atoms with van der Waals surface area (Å²) in [5.41, 5.74) is 0. The molecule has 55 valence electrons. The minimum atomic E-state index is -1.75. The molecule has 0 unspecified atom stereocenters. The average molecular weight is 171 g/mol. The third kappa shape index (κ3) is 29.8. The minimum absolute atomic E-state index is 0.133. The van der Waals surface area contributed by atoms with E-state index in [0.29, 0.717) is 13.2 Å². The first kappa shape index (κ1) is 12.1. The van der Waals surface area contributed by atoms with Gasteiger partial charge in [0.2, 0.25) is 0 Å². The van der Waals surface area contributed by atoms with Crippen molar-refractivity contribution in [3.05, 3.63) is 0 Å². The van der Waals surface area contributed by atoms with Crippen molar-refractivity contribution in [2.45, 2.75) is 6.92 Å². The van der Waals surface area contributed by atoms with Gasteiger partial charge >= 0.3 is 26.5 Å². The molecule has 4 nitrogen and oxygen atoms in total. The van der Waals surface area contributed by atoms with Gasteiger partial charge < -0.3 is 9.84 Å². The Morgan fingerprint density at radius 3 is 2.22 bits per heavy atom. The third-order valence-corrected chi connectivity index (χ3v) is 0.440. The fourth-order valence-corrected chi connectivity index (χ4v) is 0.209. The summed E-state index contributed by atoms with van der Waals surface area (Å²) < 4.78 is 20.5. The molecule has 5 heteroatoms. The monoisotopic (exact) mass is 171 g/mol. The van der Waals surface area contributed by atoms with Crippen molar-refractivity contribution in [1.29, 1.82) is 0 Å². The molecule has 0 heterocycles. The molecule has 0 aromatic heterocycles. The SMILES string of the molecule is CCOCCO.[O]=[Ti][OH]. The molecule has 0 saturated carbocycles. The normalized spacial score (nSPS) is 7.00. The number of rotatable bonds is 3. The van der Waals surface area contributed by atoms with Gasteiger partial charge in [-0.25, -0.2) is 0 Å². The van der Waals surface area contributed by atoms with Gasteiger partial charge in [-0.05, 0) is 6.92 Å². The molecule has 0 amide bonds. The van der Waals surface area contributed by atoms with Crippen molar-refractivity contribution in [2.75, 3.05) is 19.8 Å². The van der Waals surface area contributed by atoms with Gasteiger partial charge in [-0.15, -0.1) is 0 Å². The van der Waals surface area contributed by atoms with Gasteiger partial charge in [-0.1, -0.05) is 0 Å². The van der Waals surface area contributed by atoms with E-state index in [2.05, 4.69) is 0 Å². The van der Waals surface area contributed by atoms with E-state index < -0.39 is 19.5 Å². The molecule has 0 atom stereocenters. The predicted molar refractivity (Wildman–Crippen MR) is 26.5 cm³/mol. The van der Waals surface area contributed by atoms with E-state index in [1.807, 2.05) is 6.92 Å². The predicted octanol–water partition coefficient (Wildman–Crippen LogP) is -0.663. The van der Waals surface area contributed by atoms with E-state index in [4.69, 9.17) is 16.9 Å². The summed E-state index contributed by atoms with van der Waals surface area (Å²) in [6.07, 6.45) is 0. The van der Waals surface area contributed by atoms with E-state index in [0.717, 1.165) is 0 Å². The van der Waals surface area contributed by atoms with Crippen molar-refractivity contribution in [3.63, 3.8) is 0 Å². The molecule has 0 radical (unpaired) electrons. The second kappa shape index (κ2) is 15.8. The van der Waals surface area contributed by atoms with Crippen LogP contribution in [-0.4, -0.2) is 28.6 Å². The van der Waals surface area contributed by atoms with Crippen LogP contribution in [0.25, 0.3) is 0 Å². The number of ether oxygens (including phenoxy) is 1. The van der Waals surface area contributed by atoms with Crippen LogP contribution in [0.15, 0.2) is 0 Å². The Hall–Kier alpha value is 0.394. The van der Waals surface area contributed by atoms with Crippen LogP contribution >= 0.6 is 0 Å². The first-order valence-corrected chi connectivity index (χ1v) is 3.86. The molecule has 2 N–H and O–H groups in total. The molecule has 0 aromatic carbocycles. The van der Waals surface area contributed by atoms with Gasteiger partial charge in [0.1, 0.15) is 0 Å². The molecular formula is C4H11O4Ti. The zero-order chi connectivity index (χ0) is 7.54. The van der Waals surface area contributed by atoms with Crippen LogP contribution in [0.5, 0.6) is 0 Å². The summed E-state index contributed by atoms with van der Waals surface area (Å²) in [6, 6.07) is 0. The Bertz CT molecular complexity index is 45.8. The van der Waals surface area contributed by atoms with E-state index in [1.54, 1.807) is 0 Å². The van der Waals surface area contributed by atoms with E-state index in [1.165, 1.54) is 0 Å². The quantitative estimate of drug-likeness (QED) is 0.436. The maximum atomic E-state index is 8.61. The molecule has 0 bridgehead atoms. The first-order valence-electron chi connectivity index (χ1n) is 2.53. The van der Waals surface area contributed by atoms with Crippen molar-refractivity contribution in [3.8, 4) is 0 Å². The Kier molecular flexibility index (Phi) is 21.2. The molecule has 9 heavy (non-hydrogen) atoms. The summed E-state index contributed by atoms with van der Waals surface area (Å²) in [6.45, 7) is 3.20. The Labute approximate surface area is 63.6 Å². The number of hydrogen-bond acceptors (Lipinski definition) is 3. The summed E-state index contributed by atoms with van der Waals surface area (Å²) in [4.78, 5) is 0. The van der Waals surface area contributed by atoms with Crippen LogP contribution in [0, 0.1) is 0 Å². The Morgan fingerprint density at radius 2 is 2.11 bits per heavy atom. The van der Waals surface area contributed by atoms with Crippen molar-refractivity contribution >= 4 is 0 Å². The Balaban J connectivity index is 0. The molecular weight excluding hydrogens is 160 g/mol. The molecule has 0 aliphatic carbocycles. The van der Waals surface area contributed by atoms with Crippen LogP contribution in [0.4, 0.5) is 0 Å². The van der Waals surface area contributed by atoms with Crippen molar-refractivity contribution in [1.82, 2.24) is 0 Å². The molecule has 0 fully saturated rings. The van der Waals surface area contributed by atoms with Gasteiger partial charge in [0.15, 0.2) is 0 Å². The van der Waals surface area contributed by atoms with E-state index >= 15 is 0 Å². The molecule has 0 rings (SSSR count). The number of aliphatic hydroxyl groups excluding tert-OH is 1. The van der Waals surface area contributed by atoms with Crippen molar-refractivity contribution in [2.24, 2.45) is 0 Å². The van der Waals surface area contributed by atoms with Crippen LogP contribution < -0.4 is 0 Å². The maximum absolute atomic E-state index is 8.61. The first-order chi connectivity index (χ1) is 4.33. The molecule has 0 saturated heterocycles. The molecule has 0 aliphatic rings. The fourth-order valence-electron chi connectivity index (χ4n) is 0.209. The van der Waals surface area contributed by atoms with Gasteiger partial charge in [0, 0.05) is 6.61 Å².